The normalized spacial score (nSPS) is 16.4. The molecule has 114 valence electrons. The summed E-state index contributed by atoms with van der Waals surface area (Å²) in [6, 6.07) is 3.25. The first kappa shape index (κ1) is 15.6. The summed E-state index contributed by atoms with van der Waals surface area (Å²) in [4.78, 5) is 25.0. The second-order valence-corrected chi connectivity index (χ2v) is 5.16. The fourth-order valence-corrected chi connectivity index (χ4v) is 2.58. The molecule has 21 heavy (non-hydrogen) atoms. The van der Waals surface area contributed by atoms with Gasteiger partial charge in [0.05, 0.1) is 17.3 Å². The van der Waals surface area contributed by atoms with Crippen LogP contribution < -0.4 is 15.5 Å². The Morgan fingerprint density at radius 3 is 2.81 bits per heavy atom. The summed E-state index contributed by atoms with van der Waals surface area (Å²) >= 11 is 6.23. The van der Waals surface area contributed by atoms with Gasteiger partial charge in [0.25, 0.3) is 5.91 Å². The van der Waals surface area contributed by atoms with Gasteiger partial charge in [0, 0.05) is 24.3 Å². The molecule has 0 aromatic heterocycles. The Balaban J connectivity index is 2.29. The van der Waals surface area contributed by atoms with Gasteiger partial charge in [0.2, 0.25) is 5.91 Å². The van der Waals surface area contributed by atoms with Gasteiger partial charge in [-0.05, 0) is 26.0 Å². The molecule has 1 heterocycles. The maximum absolute atomic E-state index is 11.7. The molecule has 1 aliphatic heterocycles. The molecule has 1 aliphatic rings. The van der Waals surface area contributed by atoms with Crippen LogP contribution in [0, 0.1) is 0 Å². The summed E-state index contributed by atoms with van der Waals surface area (Å²) in [6.45, 7) is 5.10. The largest absolute Gasteiger partial charge is 0.378 e. The SMILES string of the molecule is CCNC(=O)CN(CC)c1cc2c(cc1Cl)C(O)C(=O)N2. The fourth-order valence-electron chi connectivity index (χ4n) is 2.29. The maximum atomic E-state index is 11.7. The molecule has 0 radical (unpaired) electrons. The van der Waals surface area contributed by atoms with E-state index in [4.69, 9.17) is 11.6 Å². The topological polar surface area (TPSA) is 81.7 Å². The molecule has 6 nitrogen and oxygen atoms in total. The second-order valence-electron chi connectivity index (χ2n) is 4.75. The molecule has 2 amide bonds. The highest BCUT2D eigenvalue weighted by molar-refractivity contribution is 6.33. The van der Waals surface area contributed by atoms with Crippen LogP contribution in [-0.4, -0.2) is 36.6 Å². The molecule has 7 heteroatoms. The number of amides is 2. The minimum atomic E-state index is -1.19. The molecular weight excluding hydrogens is 294 g/mol. The highest BCUT2D eigenvalue weighted by atomic mass is 35.5. The van der Waals surface area contributed by atoms with Gasteiger partial charge in [-0.25, -0.2) is 0 Å². The van der Waals surface area contributed by atoms with Crippen LogP contribution in [0.1, 0.15) is 25.5 Å². The fraction of sp³-hybridized carbons (Fsp3) is 0.429. The first-order valence-electron chi connectivity index (χ1n) is 6.81. The summed E-state index contributed by atoms with van der Waals surface area (Å²) in [5.74, 6) is -0.565. The second kappa shape index (κ2) is 6.32. The van der Waals surface area contributed by atoms with Gasteiger partial charge in [0.1, 0.15) is 0 Å². The smallest absolute Gasteiger partial charge is 0.257 e. The predicted octanol–water partition coefficient (Wildman–Crippen LogP) is 1.29. The van der Waals surface area contributed by atoms with Crippen molar-refractivity contribution in [3.8, 4) is 0 Å². The molecule has 1 unspecified atom stereocenters. The van der Waals surface area contributed by atoms with Gasteiger partial charge in [-0.3, -0.25) is 9.59 Å². The van der Waals surface area contributed by atoms with Crippen LogP contribution in [0.25, 0.3) is 0 Å². The van der Waals surface area contributed by atoms with Crippen molar-refractivity contribution < 1.29 is 14.7 Å². The van der Waals surface area contributed by atoms with Crippen LogP contribution in [-0.2, 0) is 9.59 Å². The third kappa shape index (κ3) is 3.11. The first-order chi connectivity index (χ1) is 9.97. The minimum absolute atomic E-state index is 0.0972. The molecule has 0 aliphatic carbocycles. The highest BCUT2D eigenvalue weighted by Gasteiger charge is 2.30. The van der Waals surface area contributed by atoms with E-state index in [0.717, 1.165) is 0 Å². The Kier molecular flexibility index (Phi) is 4.69. The van der Waals surface area contributed by atoms with Crippen molar-refractivity contribution in [2.45, 2.75) is 20.0 Å². The monoisotopic (exact) mass is 311 g/mol. The number of hydrogen-bond acceptors (Lipinski definition) is 4. The van der Waals surface area contributed by atoms with E-state index in [-0.39, 0.29) is 12.5 Å². The van der Waals surface area contributed by atoms with Crippen LogP contribution in [0.5, 0.6) is 0 Å². The van der Waals surface area contributed by atoms with E-state index in [0.29, 0.717) is 35.1 Å². The van der Waals surface area contributed by atoms with Crippen LogP contribution in [0.15, 0.2) is 12.1 Å². The van der Waals surface area contributed by atoms with Gasteiger partial charge >= 0.3 is 0 Å². The molecule has 0 spiro atoms. The number of anilines is 2. The lowest BCUT2D eigenvalue weighted by molar-refractivity contribution is -0.123. The van der Waals surface area contributed by atoms with Crippen molar-refractivity contribution in [1.29, 1.82) is 0 Å². The number of nitrogens with zero attached hydrogens (tertiary/aromatic N) is 1. The van der Waals surface area contributed by atoms with Gasteiger partial charge in [0.15, 0.2) is 6.10 Å². The number of benzene rings is 1. The molecule has 0 fully saturated rings. The quantitative estimate of drug-likeness (QED) is 0.765. The zero-order chi connectivity index (χ0) is 15.6. The third-order valence-corrected chi connectivity index (χ3v) is 3.65. The number of nitrogens with one attached hydrogen (secondary N) is 2. The number of halogens is 1. The molecular formula is C14H18ClN3O3. The van der Waals surface area contributed by atoms with Crippen molar-refractivity contribution in [1.82, 2.24) is 5.32 Å². The predicted molar refractivity (Wildman–Crippen MR) is 81.6 cm³/mol. The van der Waals surface area contributed by atoms with Crippen LogP contribution in [0.2, 0.25) is 5.02 Å². The molecule has 0 saturated heterocycles. The van der Waals surface area contributed by atoms with E-state index in [2.05, 4.69) is 10.6 Å². The Bertz CT molecular complexity index is 577. The van der Waals surface area contributed by atoms with Gasteiger partial charge < -0.3 is 20.6 Å². The number of aliphatic hydroxyl groups is 1. The lowest BCUT2D eigenvalue weighted by atomic mass is 10.1. The van der Waals surface area contributed by atoms with Crippen LogP contribution in [0.3, 0.4) is 0 Å². The van der Waals surface area contributed by atoms with Crippen molar-refractivity contribution in [3.63, 3.8) is 0 Å². The molecule has 1 aromatic rings. The molecule has 0 saturated carbocycles. The summed E-state index contributed by atoms with van der Waals surface area (Å²) in [5, 5.41) is 15.5. The van der Waals surface area contributed by atoms with E-state index in [1.165, 1.54) is 0 Å². The number of hydrogen-bond donors (Lipinski definition) is 3. The average Bonchev–Trinajstić information content (AvgIpc) is 2.71. The molecule has 2 rings (SSSR count). The standard InChI is InChI=1S/C14H18ClN3O3/c1-3-16-12(19)7-18(4-2)11-6-10-8(5-9(11)15)13(20)14(21)17-10/h5-6,13,20H,3-4,7H2,1-2H3,(H,16,19)(H,17,21). The van der Waals surface area contributed by atoms with Crippen LogP contribution >= 0.6 is 11.6 Å². The van der Waals surface area contributed by atoms with Gasteiger partial charge in [-0.15, -0.1) is 0 Å². The van der Waals surface area contributed by atoms with E-state index < -0.39 is 12.0 Å². The minimum Gasteiger partial charge on any atom is -0.378 e. The Morgan fingerprint density at radius 2 is 2.19 bits per heavy atom. The number of rotatable bonds is 5. The Morgan fingerprint density at radius 1 is 1.48 bits per heavy atom. The molecule has 1 aromatic carbocycles. The molecule has 3 N–H and O–H groups in total. The summed E-state index contributed by atoms with van der Waals surface area (Å²) in [6.07, 6.45) is -1.19. The molecule has 0 bridgehead atoms. The maximum Gasteiger partial charge on any atom is 0.257 e. The Labute approximate surface area is 128 Å². The lowest BCUT2D eigenvalue weighted by Gasteiger charge is -2.24. The number of aliphatic hydroxyl groups excluding tert-OH is 1. The summed E-state index contributed by atoms with van der Waals surface area (Å²) < 4.78 is 0. The zero-order valence-electron chi connectivity index (χ0n) is 11.9. The van der Waals surface area contributed by atoms with E-state index in [9.17, 15) is 14.7 Å². The Hall–Kier alpha value is -1.79. The van der Waals surface area contributed by atoms with Gasteiger partial charge in [-0.2, -0.15) is 0 Å². The number of carbonyl (C=O) groups excluding carboxylic acids is 2. The number of carbonyl (C=O) groups is 2. The number of fused-ring (bicyclic) bond motifs is 1. The van der Waals surface area contributed by atoms with Crippen molar-refractivity contribution >= 4 is 34.8 Å². The number of likely N-dealkylation sites (N-methyl/N-ethyl adjacent to an activating group) is 2. The van der Waals surface area contributed by atoms with E-state index in [1.54, 1.807) is 12.1 Å². The summed E-state index contributed by atoms with van der Waals surface area (Å²) in [7, 11) is 0. The third-order valence-electron chi connectivity index (χ3n) is 3.35. The first-order valence-corrected chi connectivity index (χ1v) is 7.19. The summed E-state index contributed by atoms with van der Waals surface area (Å²) in [5.41, 5.74) is 1.64. The zero-order valence-corrected chi connectivity index (χ0v) is 12.7. The van der Waals surface area contributed by atoms with Crippen molar-refractivity contribution in [2.24, 2.45) is 0 Å². The highest BCUT2D eigenvalue weighted by Crippen LogP contribution is 2.38. The lowest BCUT2D eigenvalue weighted by Crippen LogP contribution is -2.37. The average molecular weight is 312 g/mol. The van der Waals surface area contributed by atoms with Crippen molar-refractivity contribution in [2.75, 3.05) is 29.9 Å². The van der Waals surface area contributed by atoms with Crippen LogP contribution in [0.4, 0.5) is 11.4 Å². The van der Waals surface area contributed by atoms with Crippen molar-refractivity contribution in [3.05, 3.63) is 22.7 Å². The van der Waals surface area contributed by atoms with Gasteiger partial charge in [-0.1, -0.05) is 11.6 Å². The van der Waals surface area contributed by atoms with E-state index in [1.807, 2.05) is 18.7 Å². The van der Waals surface area contributed by atoms with E-state index >= 15 is 0 Å². The molecule has 1 atom stereocenters.